The molecule has 0 aromatic carbocycles. The van der Waals surface area contributed by atoms with Gasteiger partial charge in [-0.25, -0.2) is 9.97 Å². The Hall–Kier alpha value is -2.76. The van der Waals surface area contributed by atoms with Crippen LogP contribution in [0.25, 0.3) is 11.1 Å². The van der Waals surface area contributed by atoms with Crippen LogP contribution in [0.1, 0.15) is 27.3 Å². The molecule has 0 unspecified atom stereocenters. The van der Waals surface area contributed by atoms with Gasteiger partial charge in [0.15, 0.2) is 0 Å². The van der Waals surface area contributed by atoms with E-state index in [0.717, 1.165) is 5.56 Å². The Morgan fingerprint density at radius 2 is 2.05 bits per heavy atom. The summed E-state index contributed by atoms with van der Waals surface area (Å²) in [6, 6.07) is 5.40. The van der Waals surface area contributed by atoms with Crippen LogP contribution < -0.4 is 5.32 Å². The van der Waals surface area contributed by atoms with Crippen molar-refractivity contribution < 1.29 is 9.32 Å². The maximum absolute atomic E-state index is 12.5. The van der Waals surface area contributed by atoms with Gasteiger partial charge in [-0.2, -0.15) is 0 Å². The monoisotopic (exact) mass is 282 g/mol. The van der Waals surface area contributed by atoms with E-state index in [1.54, 1.807) is 26.1 Å². The first-order valence-corrected chi connectivity index (χ1v) is 6.52. The first-order valence-electron chi connectivity index (χ1n) is 6.52. The van der Waals surface area contributed by atoms with Gasteiger partial charge in [0.1, 0.15) is 5.82 Å². The third kappa shape index (κ3) is 2.47. The van der Waals surface area contributed by atoms with E-state index in [2.05, 4.69) is 20.4 Å². The Morgan fingerprint density at radius 3 is 2.81 bits per heavy atom. The van der Waals surface area contributed by atoms with Crippen molar-refractivity contribution in [2.75, 3.05) is 5.32 Å². The molecule has 106 valence electrons. The maximum atomic E-state index is 12.5. The van der Waals surface area contributed by atoms with E-state index in [4.69, 9.17) is 4.52 Å². The Kier molecular flexibility index (Phi) is 3.13. The van der Waals surface area contributed by atoms with Gasteiger partial charge in [0.25, 0.3) is 11.6 Å². The SMILES string of the molecule is Cc1ccnc(NC(=O)c2cc(C)nc3onc(C)c23)c1. The molecule has 0 fully saturated rings. The number of nitrogens with zero attached hydrogens (tertiary/aromatic N) is 3. The van der Waals surface area contributed by atoms with E-state index in [1.807, 2.05) is 19.1 Å². The zero-order valence-electron chi connectivity index (χ0n) is 12.0. The minimum absolute atomic E-state index is 0.255. The Labute approximate surface area is 121 Å². The minimum atomic E-state index is -0.255. The molecule has 1 amide bonds. The van der Waals surface area contributed by atoms with E-state index in [1.165, 1.54) is 0 Å². The third-order valence-electron chi connectivity index (χ3n) is 3.15. The van der Waals surface area contributed by atoms with Crippen LogP contribution in [0, 0.1) is 20.8 Å². The number of carbonyl (C=O) groups excluding carboxylic acids is 1. The van der Waals surface area contributed by atoms with Crippen molar-refractivity contribution in [2.24, 2.45) is 0 Å². The zero-order chi connectivity index (χ0) is 15.0. The highest BCUT2D eigenvalue weighted by atomic mass is 16.5. The molecule has 3 aromatic heterocycles. The van der Waals surface area contributed by atoms with E-state index in [-0.39, 0.29) is 5.91 Å². The van der Waals surface area contributed by atoms with Crippen molar-refractivity contribution in [2.45, 2.75) is 20.8 Å². The van der Waals surface area contributed by atoms with Gasteiger partial charge < -0.3 is 9.84 Å². The second kappa shape index (κ2) is 4.97. The smallest absolute Gasteiger partial charge is 0.258 e. The number of aryl methyl sites for hydroxylation is 3. The lowest BCUT2D eigenvalue weighted by atomic mass is 10.1. The maximum Gasteiger partial charge on any atom is 0.258 e. The van der Waals surface area contributed by atoms with Crippen LogP contribution in [0.5, 0.6) is 0 Å². The van der Waals surface area contributed by atoms with Gasteiger partial charge in [-0.05, 0) is 44.5 Å². The number of carbonyl (C=O) groups is 1. The average Bonchev–Trinajstić information content (AvgIpc) is 2.79. The van der Waals surface area contributed by atoms with Gasteiger partial charge in [-0.1, -0.05) is 5.16 Å². The summed E-state index contributed by atoms with van der Waals surface area (Å²) in [4.78, 5) is 20.9. The second-order valence-corrected chi connectivity index (χ2v) is 4.93. The summed E-state index contributed by atoms with van der Waals surface area (Å²) in [6.45, 7) is 5.53. The molecule has 0 saturated heterocycles. The molecular formula is C15H14N4O2. The first-order chi connectivity index (χ1) is 10.0. The summed E-state index contributed by atoms with van der Waals surface area (Å²) in [7, 11) is 0. The predicted octanol–water partition coefficient (Wildman–Crippen LogP) is 2.80. The lowest BCUT2D eigenvalue weighted by Gasteiger charge is -2.06. The van der Waals surface area contributed by atoms with Crippen LogP contribution in [-0.2, 0) is 0 Å². The molecule has 0 aliphatic heterocycles. The molecule has 1 N–H and O–H groups in total. The quantitative estimate of drug-likeness (QED) is 0.781. The van der Waals surface area contributed by atoms with Crippen LogP contribution in [0.4, 0.5) is 5.82 Å². The number of hydrogen-bond acceptors (Lipinski definition) is 5. The molecule has 3 aromatic rings. The third-order valence-corrected chi connectivity index (χ3v) is 3.15. The van der Waals surface area contributed by atoms with Gasteiger partial charge in [-0.15, -0.1) is 0 Å². The molecule has 0 saturated carbocycles. The Morgan fingerprint density at radius 1 is 1.24 bits per heavy atom. The highest BCUT2D eigenvalue weighted by Crippen LogP contribution is 2.22. The fraction of sp³-hybridized carbons (Fsp3) is 0.200. The average molecular weight is 282 g/mol. The molecular weight excluding hydrogens is 268 g/mol. The van der Waals surface area contributed by atoms with Crippen molar-refractivity contribution in [3.8, 4) is 0 Å². The summed E-state index contributed by atoms with van der Waals surface area (Å²) >= 11 is 0. The van der Waals surface area contributed by atoms with E-state index < -0.39 is 0 Å². The van der Waals surface area contributed by atoms with Gasteiger partial charge >= 0.3 is 0 Å². The minimum Gasteiger partial charge on any atom is -0.336 e. The predicted molar refractivity (Wildman–Crippen MR) is 78.2 cm³/mol. The van der Waals surface area contributed by atoms with Gasteiger partial charge in [-0.3, -0.25) is 4.79 Å². The van der Waals surface area contributed by atoms with E-state index in [9.17, 15) is 4.79 Å². The van der Waals surface area contributed by atoms with E-state index >= 15 is 0 Å². The summed E-state index contributed by atoms with van der Waals surface area (Å²) < 4.78 is 5.13. The van der Waals surface area contributed by atoms with Crippen LogP contribution >= 0.6 is 0 Å². The Bertz CT molecular complexity index is 839. The molecule has 0 aliphatic carbocycles. The standard InChI is InChI=1S/C15H14N4O2/c1-8-4-5-16-12(6-8)18-14(20)11-7-9(2)17-15-13(11)10(3)19-21-15/h4-7H,1-3H3,(H,16,18,20). The number of pyridine rings is 2. The highest BCUT2D eigenvalue weighted by molar-refractivity contribution is 6.12. The molecule has 6 heteroatoms. The highest BCUT2D eigenvalue weighted by Gasteiger charge is 2.18. The number of aromatic nitrogens is 3. The van der Waals surface area contributed by atoms with Crippen LogP contribution in [-0.4, -0.2) is 21.0 Å². The molecule has 3 rings (SSSR count). The molecule has 0 bridgehead atoms. The Balaban J connectivity index is 2.03. The first kappa shape index (κ1) is 13.2. The molecule has 0 aliphatic rings. The zero-order valence-corrected chi connectivity index (χ0v) is 12.0. The summed E-state index contributed by atoms with van der Waals surface area (Å²) in [5, 5.41) is 7.29. The van der Waals surface area contributed by atoms with Gasteiger partial charge in [0.2, 0.25) is 0 Å². The molecule has 3 heterocycles. The molecule has 0 radical (unpaired) electrons. The largest absolute Gasteiger partial charge is 0.336 e. The topological polar surface area (TPSA) is 80.9 Å². The lowest BCUT2D eigenvalue weighted by Crippen LogP contribution is -2.14. The fourth-order valence-corrected chi connectivity index (χ4v) is 2.18. The normalized spacial score (nSPS) is 10.8. The molecule has 0 atom stereocenters. The van der Waals surface area contributed by atoms with Crippen molar-refractivity contribution in [1.29, 1.82) is 0 Å². The van der Waals surface area contributed by atoms with Crippen molar-refractivity contribution in [3.63, 3.8) is 0 Å². The fourth-order valence-electron chi connectivity index (χ4n) is 2.18. The summed E-state index contributed by atoms with van der Waals surface area (Å²) in [5.74, 6) is 0.256. The summed E-state index contributed by atoms with van der Waals surface area (Å²) in [5.41, 5.74) is 3.22. The number of hydrogen-bond donors (Lipinski definition) is 1. The second-order valence-electron chi connectivity index (χ2n) is 4.93. The number of amides is 1. The van der Waals surface area contributed by atoms with Crippen LogP contribution in [0.2, 0.25) is 0 Å². The van der Waals surface area contributed by atoms with Gasteiger partial charge in [0.05, 0.1) is 16.6 Å². The van der Waals surface area contributed by atoms with Crippen molar-refractivity contribution >= 4 is 22.8 Å². The van der Waals surface area contributed by atoms with E-state index in [0.29, 0.717) is 33.9 Å². The van der Waals surface area contributed by atoms with Crippen molar-refractivity contribution in [3.05, 3.63) is 46.9 Å². The van der Waals surface area contributed by atoms with Gasteiger partial charge in [0, 0.05) is 11.9 Å². The number of fused-ring (bicyclic) bond motifs is 1. The molecule has 6 nitrogen and oxygen atoms in total. The number of rotatable bonds is 2. The van der Waals surface area contributed by atoms with Crippen LogP contribution in [0.3, 0.4) is 0 Å². The lowest BCUT2D eigenvalue weighted by molar-refractivity contribution is 0.102. The molecule has 21 heavy (non-hydrogen) atoms. The summed E-state index contributed by atoms with van der Waals surface area (Å²) in [6.07, 6.45) is 1.66. The molecule has 0 spiro atoms. The number of anilines is 1. The number of nitrogens with one attached hydrogen (secondary N) is 1. The van der Waals surface area contributed by atoms with Crippen LogP contribution in [0.15, 0.2) is 28.9 Å². The van der Waals surface area contributed by atoms with Crippen molar-refractivity contribution in [1.82, 2.24) is 15.1 Å².